The van der Waals surface area contributed by atoms with Gasteiger partial charge in [-0.15, -0.1) is 0 Å². The molecule has 82 valence electrons. The summed E-state index contributed by atoms with van der Waals surface area (Å²) in [5.41, 5.74) is 6.77. The molecule has 0 aliphatic heterocycles. The summed E-state index contributed by atoms with van der Waals surface area (Å²) in [6.07, 6.45) is 0.783. The number of amides is 2. The molecule has 0 heterocycles. The molecule has 1 unspecified atom stereocenters. The summed E-state index contributed by atoms with van der Waals surface area (Å²) < 4.78 is 0. The number of carbonyl (C=O) groups is 1. The third-order valence-electron chi connectivity index (χ3n) is 2.09. The van der Waals surface area contributed by atoms with Gasteiger partial charge in [0.2, 0.25) is 0 Å². The Labute approximate surface area is 89.1 Å². The lowest BCUT2D eigenvalue weighted by Gasteiger charge is -2.09. The van der Waals surface area contributed by atoms with Crippen molar-refractivity contribution in [3.8, 4) is 0 Å². The van der Waals surface area contributed by atoms with E-state index in [4.69, 9.17) is 10.8 Å². The first-order valence-corrected chi connectivity index (χ1v) is 4.88. The van der Waals surface area contributed by atoms with Gasteiger partial charge in [-0.3, -0.25) is 0 Å². The molecular formula is C11H16N2O2. The predicted octanol–water partition coefficient (Wildman–Crippen LogP) is 1.35. The SMILES string of the molecule is CC(CO)Cc1cccc(NC(N)=O)c1. The largest absolute Gasteiger partial charge is 0.396 e. The fourth-order valence-corrected chi connectivity index (χ4v) is 1.39. The van der Waals surface area contributed by atoms with Crippen LogP contribution in [-0.2, 0) is 6.42 Å². The van der Waals surface area contributed by atoms with Crippen LogP contribution in [0, 0.1) is 5.92 Å². The highest BCUT2D eigenvalue weighted by atomic mass is 16.3. The molecule has 0 aromatic heterocycles. The molecule has 0 aliphatic carbocycles. The van der Waals surface area contributed by atoms with Crippen LogP contribution in [0.15, 0.2) is 24.3 Å². The van der Waals surface area contributed by atoms with E-state index in [1.54, 1.807) is 6.07 Å². The Kier molecular flexibility index (Phi) is 4.12. The number of aliphatic hydroxyl groups excluding tert-OH is 1. The number of carbonyl (C=O) groups excluding carboxylic acids is 1. The number of rotatable bonds is 4. The predicted molar refractivity (Wildman–Crippen MR) is 59.6 cm³/mol. The van der Waals surface area contributed by atoms with Gasteiger partial charge in [-0.2, -0.15) is 0 Å². The summed E-state index contributed by atoms with van der Waals surface area (Å²) in [7, 11) is 0. The zero-order valence-electron chi connectivity index (χ0n) is 8.73. The van der Waals surface area contributed by atoms with Gasteiger partial charge in [0.15, 0.2) is 0 Å². The maximum Gasteiger partial charge on any atom is 0.316 e. The number of aliphatic hydroxyl groups is 1. The number of benzene rings is 1. The van der Waals surface area contributed by atoms with E-state index in [0.717, 1.165) is 12.0 Å². The molecule has 2 amide bonds. The van der Waals surface area contributed by atoms with Crippen LogP contribution in [0.1, 0.15) is 12.5 Å². The smallest absolute Gasteiger partial charge is 0.316 e. The molecule has 4 nitrogen and oxygen atoms in total. The summed E-state index contributed by atoms with van der Waals surface area (Å²) in [6.45, 7) is 2.13. The summed E-state index contributed by atoms with van der Waals surface area (Å²) >= 11 is 0. The third-order valence-corrected chi connectivity index (χ3v) is 2.09. The maximum atomic E-state index is 10.6. The van der Waals surface area contributed by atoms with Crippen molar-refractivity contribution in [1.29, 1.82) is 0 Å². The van der Waals surface area contributed by atoms with E-state index in [2.05, 4.69) is 5.32 Å². The Bertz CT molecular complexity index is 339. The van der Waals surface area contributed by atoms with Crippen molar-refractivity contribution in [1.82, 2.24) is 0 Å². The van der Waals surface area contributed by atoms with Crippen molar-refractivity contribution < 1.29 is 9.90 Å². The van der Waals surface area contributed by atoms with Gasteiger partial charge in [0.1, 0.15) is 0 Å². The molecule has 1 atom stereocenters. The normalized spacial score (nSPS) is 12.1. The molecule has 4 heteroatoms. The molecule has 1 aromatic rings. The fraction of sp³-hybridized carbons (Fsp3) is 0.364. The van der Waals surface area contributed by atoms with Gasteiger partial charge >= 0.3 is 6.03 Å². The highest BCUT2D eigenvalue weighted by Crippen LogP contribution is 2.13. The second-order valence-electron chi connectivity index (χ2n) is 3.68. The van der Waals surface area contributed by atoms with Gasteiger partial charge in [-0.1, -0.05) is 19.1 Å². The van der Waals surface area contributed by atoms with Gasteiger partial charge in [0, 0.05) is 12.3 Å². The molecule has 0 fully saturated rings. The molecule has 0 saturated heterocycles. The molecule has 15 heavy (non-hydrogen) atoms. The zero-order valence-corrected chi connectivity index (χ0v) is 8.73. The number of nitrogens with one attached hydrogen (secondary N) is 1. The van der Waals surface area contributed by atoms with E-state index in [0.29, 0.717) is 5.69 Å². The van der Waals surface area contributed by atoms with Crippen LogP contribution < -0.4 is 11.1 Å². The number of hydrogen-bond donors (Lipinski definition) is 3. The number of nitrogens with two attached hydrogens (primary N) is 1. The van der Waals surface area contributed by atoms with Crippen LogP contribution in [0.25, 0.3) is 0 Å². The molecule has 0 aliphatic rings. The highest BCUT2D eigenvalue weighted by Gasteiger charge is 2.03. The van der Waals surface area contributed by atoms with Gasteiger partial charge in [-0.05, 0) is 30.0 Å². The topological polar surface area (TPSA) is 75.3 Å². The first-order chi connectivity index (χ1) is 7.11. The second kappa shape index (κ2) is 5.36. The van der Waals surface area contributed by atoms with Gasteiger partial charge in [0.25, 0.3) is 0 Å². The fourth-order valence-electron chi connectivity index (χ4n) is 1.39. The third kappa shape index (κ3) is 3.99. The number of primary amides is 1. The molecule has 4 N–H and O–H groups in total. The zero-order chi connectivity index (χ0) is 11.3. The molecule has 1 aromatic carbocycles. The Morgan fingerprint density at radius 1 is 1.60 bits per heavy atom. The van der Waals surface area contributed by atoms with Crippen LogP contribution in [0.3, 0.4) is 0 Å². The lowest BCUT2D eigenvalue weighted by atomic mass is 10.0. The number of urea groups is 1. The monoisotopic (exact) mass is 208 g/mol. The average molecular weight is 208 g/mol. The lowest BCUT2D eigenvalue weighted by Crippen LogP contribution is -2.19. The van der Waals surface area contributed by atoms with E-state index in [9.17, 15) is 4.79 Å². The van der Waals surface area contributed by atoms with Crippen molar-refractivity contribution in [3.63, 3.8) is 0 Å². The Hall–Kier alpha value is -1.55. The first kappa shape index (κ1) is 11.5. The molecule has 0 spiro atoms. The minimum absolute atomic E-state index is 0.160. The van der Waals surface area contributed by atoms with Gasteiger partial charge in [-0.25, -0.2) is 4.79 Å². The van der Waals surface area contributed by atoms with Crippen molar-refractivity contribution in [3.05, 3.63) is 29.8 Å². The molecule has 1 rings (SSSR count). The molecule has 0 saturated carbocycles. The number of hydrogen-bond acceptors (Lipinski definition) is 2. The van der Waals surface area contributed by atoms with Crippen LogP contribution in [0.5, 0.6) is 0 Å². The van der Waals surface area contributed by atoms with Crippen LogP contribution in [-0.4, -0.2) is 17.7 Å². The average Bonchev–Trinajstić information content (AvgIpc) is 2.17. The van der Waals surface area contributed by atoms with E-state index in [-0.39, 0.29) is 12.5 Å². The van der Waals surface area contributed by atoms with E-state index < -0.39 is 6.03 Å². The van der Waals surface area contributed by atoms with E-state index in [1.165, 1.54) is 0 Å². The highest BCUT2D eigenvalue weighted by molar-refractivity contribution is 5.87. The Morgan fingerprint density at radius 3 is 2.93 bits per heavy atom. The van der Waals surface area contributed by atoms with E-state index in [1.807, 2.05) is 25.1 Å². The summed E-state index contributed by atoms with van der Waals surface area (Å²) in [4.78, 5) is 10.6. The molecule has 0 bridgehead atoms. The second-order valence-corrected chi connectivity index (χ2v) is 3.68. The Balaban J connectivity index is 2.69. The standard InChI is InChI=1S/C11H16N2O2/c1-8(7-14)5-9-3-2-4-10(6-9)13-11(12)15/h2-4,6,8,14H,5,7H2,1H3,(H3,12,13,15). The summed E-state index contributed by atoms with van der Waals surface area (Å²) in [6, 6.07) is 6.88. The number of anilines is 1. The summed E-state index contributed by atoms with van der Waals surface area (Å²) in [5.74, 6) is 0.217. The minimum atomic E-state index is -0.567. The van der Waals surface area contributed by atoms with Crippen molar-refractivity contribution >= 4 is 11.7 Å². The first-order valence-electron chi connectivity index (χ1n) is 4.88. The van der Waals surface area contributed by atoms with Crippen molar-refractivity contribution in [2.24, 2.45) is 11.7 Å². The van der Waals surface area contributed by atoms with Gasteiger partial charge in [0.05, 0.1) is 0 Å². The maximum absolute atomic E-state index is 10.6. The van der Waals surface area contributed by atoms with Crippen molar-refractivity contribution in [2.75, 3.05) is 11.9 Å². The summed E-state index contributed by atoms with van der Waals surface area (Å²) in [5, 5.41) is 11.4. The van der Waals surface area contributed by atoms with E-state index >= 15 is 0 Å². The van der Waals surface area contributed by atoms with Crippen molar-refractivity contribution in [2.45, 2.75) is 13.3 Å². The van der Waals surface area contributed by atoms with Crippen LogP contribution in [0.2, 0.25) is 0 Å². The quantitative estimate of drug-likeness (QED) is 0.698. The lowest BCUT2D eigenvalue weighted by molar-refractivity contribution is 0.237. The Morgan fingerprint density at radius 2 is 2.33 bits per heavy atom. The molecule has 0 radical (unpaired) electrons. The van der Waals surface area contributed by atoms with Gasteiger partial charge < -0.3 is 16.2 Å². The minimum Gasteiger partial charge on any atom is -0.396 e. The van der Waals surface area contributed by atoms with Crippen LogP contribution >= 0.6 is 0 Å². The van der Waals surface area contributed by atoms with Crippen LogP contribution in [0.4, 0.5) is 10.5 Å². The molecular weight excluding hydrogens is 192 g/mol.